The first-order chi connectivity index (χ1) is 7.68. The van der Waals surface area contributed by atoms with Crippen LogP contribution in [-0.4, -0.2) is 35.4 Å². The van der Waals surface area contributed by atoms with Gasteiger partial charge in [0.15, 0.2) is 0 Å². The van der Waals surface area contributed by atoms with Gasteiger partial charge in [-0.05, 0) is 37.1 Å². The fourth-order valence-corrected chi connectivity index (χ4v) is 2.73. The number of hydrogen-bond acceptors (Lipinski definition) is 2. The van der Waals surface area contributed by atoms with Crippen LogP contribution in [0.4, 0.5) is 0 Å². The number of thioether (sulfide) groups is 1. The molecular formula is C13H17NOS. The molecular weight excluding hydrogens is 218 g/mol. The number of amides is 1. The maximum Gasteiger partial charge on any atom is 0.253 e. The highest BCUT2D eigenvalue weighted by molar-refractivity contribution is 7.99. The van der Waals surface area contributed by atoms with E-state index < -0.39 is 0 Å². The number of hydrogen-bond donors (Lipinski definition) is 0. The quantitative estimate of drug-likeness (QED) is 0.745. The van der Waals surface area contributed by atoms with Gasteiger partial charge in [-0.2, -0.15) is 11.8 Å². The average Bonchev–Trinajstić information content (AvgIpc) is 2.33. The lowest BCUT2D eigenvalue weighted by Crippen LogP contribution is -2.37. The fraction of sp³-hybridized carbons (Fsp3) is 0.462. The van der Waals surface area contributed by atoms with Crippen LogP contribution in [0, 0.1) is 13.8 Å². The fourth-order valence-electron chi connectivity index (χ4n) is 1.82. The number of carbonyl (C=O) groups is 1. The molecule has 0 unspecified atom stereocenters. The Morgan fingerprint density at radius 2 is 1.88 bits per heavy atom. The van der Waals surface area contributed by atoms with Crippen molar-refractivity contribution in [3.63, 3.8) is 0 Å². The van der Waals surface area contributed by atoms with Gasteiger partial charge >= 0.3 is 0 Å². The summed E-state index contributed by atoms with van der Waals surface area (Å²) in [4.78, 5) is 14.1. The van der Waals surface area contributed by atoms with Crippen molar-refractivity contribution in [3.8, 4) is 0 Å². The number of nitrogens with zero attached hydrogens (tertiary/aromatic N) is 1. The van der Waals surface area contributed by atoms with Crippen LogP contribution in [0.1, 0.15) is 21.5 Å². The highest BCUT2D eigenvalue weighted by atomic mass is 32.2. The van der Waals surface area contributed by atoms with Gasteiger partial charge in [0.1, 0.15) is 0 Å². The van der Waals surface area contributed by atoms with Crippen LogP contribution in [0.3, 0.4) is 0 Å². The summed E-state index contributed by atoms with van der Waals surface area (Å²) in [7, 11) is 0. The third-order valence-corrected chi connectivity index (χ3v) is 3.99. The van der Waals surface area contributed by atoms with Gasteiger partial charge in [0.25, 0.3) is 5.91 Å². The second kappa shape index (κ2) is 4.91. The summed E-state index contributed by atoms with van der Waals surface area (Å²) in [6, 6.07) is 5.97. The molecule has 1 aromatic carbocycles. The second-order valence-electron chi connectivity index (χ2n) is 4.20. The Morgan fingerprint density at radius 1 is 1.19 bits per heavy atom. The lowest BCUT2D eigenvalue weighted by atomic mass is 10.1. The van der Waals surface area contributed by atoms with E-state index in [0.29, 0.717) is 0 Å². The summed E-state index contributed by atoms with van der Waals surface area (Å²) in [5.41, 5.74) is 3.26. The zero-order valence-electron chi connectivity index (χ0n) is 9.82. The zero-order chi connectivity index (χ0) is 11.5. The van der Waals surface area contributed by atoms with Crippen molar-refractivity contribution < 1.29 is 4.79 Å². The highest BCUT2D eigenvalue weighted by Crippen LogP contribution is 2.15. The lowest BCUT2D eigenvalue weighted by molar-refractivity contribution is 0.0772. The Balaban J connectivity index is 2.16. The Hall–Kier alpha value is -0.960. The van der Waals surface area contributed by atoms with Crippen LogP contribution < -0.4 is 0 Å². The van der Waals surface area contributed by atoms with E-state index >= 15 is 0 Å². The predicted molar refractivity (Wildman–Crippen MR) is 69.1 cm³/mol. The molecule has 1 aliphatic heterocycles. The summed E-state index contributed by atoms with van der Waals surface area (Å²) in [5, 5.41) is 0. The highest BCUT2D eigenvalue weighted by Gasteiger charge is 2.18. The van der Waals surface area contributed by atoms with Crippen molar-refractivity contribution in [1.29, 1.82) is 0 Å². The van der Waals surface area contributed by atoms with E-state index in [1.807, 2.05) is 34.9 Å². The first kappa shape index (κ1) is 11.5. The summed E-state index contributed by atoms with van der Waals surface area (Å²) < 4.78 is 0. The molecule has 1 saturated heterocycles. The Kier molecular flexibility index (Phi) is 3.54. The maximum atomic E-state index is 12.2. The zero-order valence-corrected chi connectivity index (χ0v) is 10.6. The van der Waals surface area contributed by atoms with Crippen molar-refractivity contribution >= 4 is 17.7 Å². The SMILES string of the molecule is Cc1ccc(C(=O)N2CCSCC2)cc1C. The molecule has 1 heterocycles. The van der Waals surface area contributed by atoms with Crippen molar-refractivity contribution in [3.05, 3.63) is 34.9 Å². The number of rotatable bonds is 1. The smallest absolute Gasteiger partial charge is 0.253 e. The molecule has 0 bridgehead atoms. The van der Waals surface area contributed by atoms with E-state index in [4.69, 9.17) is 0 Å². The minimum absolute atomic E-state index is 0.184. The van der Waals surface area contributed by atoms with Gasteiger partial charge in [0, 0.05) is 30.2 Å². The number of carbonyl (C=O) groups excluding carboxylic acids is 1. The topological polar surface area (TPSA) is 20.3 Å². The lowest BCUT2D eigenvalue weighted by Gasteiger charge is -2.26. The largest absolute Gasteiger partial charge is 0.337 e. The van der Waals surface area contributed by atoms with Gasteiger partial charge in [-0.15, -0.1) is 0 Å². The summed E-state index contributed by atoms with van der Waals surface area (Å²) in [6.45, 7) is 5.89. The molecule has 0 aliphatic carbocycles. The van der Waals surface area contributed by atoms with E-state index in [1.54, 1.807) is 0 Å². The number of aryl methyl sites for hydroxylation is 2. The molecule has 1 fully saturated rings. The first-order valence-electron chi connectivity index (χ1n) is 5.63. The van der Waals surface area contributed by atoms with Crippen LogP contribution in [0.5, 0.6) is 0 Å². The van der Waals surface area contributed by atoms with Crippen LogP contribution in [0.15, 0.2) is 18.2 Å². The van der Waals surface area contributed by atoms with E-state index in [0.717, 1.165) is 30.2 Å². The molecule has 0 radical (unpaired) electrons. The Morgan fingerprint density at radius 3 is 2.50 bits per heavy atom. The van der Waals surface area contributed by atoms with Gasteiger partial charge < -0.3 is 4.90 Å². The Labute approximate surface area is 101 Å². The molecule has 1 amide bonds. The van der Waals surface area contributed by atoms with Crippen LogP contribution in [0.25, 0.3) is 0 Å². The van der Waals surface area contributed by atoms with Crippen molar-refractivity contribution in [2.45, 2.75) is 13.8 Å². The van der Waals surface area contributed by atoms with Gasteiger partial charge in [0.05, 0.1) is 0 Å². The summed E-state index contributed by atoms with van der Waals surface area (Å²) in [6.07, 6.45) is 0. The molecule has 3 heteroatoms. The van der Waals surface area contributed by atoms with E-state index in [1.165, 1.54) is 11.1 Å². The normalized spacial score (nSPS) is 16.2. The first-order valence-corrected chi connectivity index (χ1v) is 6.78. The molecule has 0 atom stereocenters. The van der Waals surface area contributed by atoms with Crippen molar-refractivity contribution in [2.75, 3.05) is 24.6 Å². The van der Waals surface area contributed by atoms with E-state index in [2.05, 4.69) is 13.8 Å². The van der Waals surface area contributed by atoms with E-state index in [9.17, 15) is 4.79 Å². The molecule has 86 valence electrons. The van der Waals surface area contributed by atoms with Gasteiger partial charge in [-0.1, -0.05) is 6.07 Å². The van der Waals surface area contributed by atoms with E-state index in [-0.39, 0.29) is 5.91 Å². The second-order valence-corrected chi connectivity index (χ2v) is 5.43. The molecule has 0 spiro atoms. The molecule has 1 aliphatic rings. The van der Waals surface area contributed by atoms with Crippen LogP contribution in [-0.2, 0) is 0 Å². The van der Waals surface area contributed by atoms with Gasteiger partial charge in [-0.25, -0.2) is 0 Å². The molecule has 0 saturated carbocycles. The molecule has 0 N–H and O–H groups in total. The molecule has 1 aromatic rings. The minimum Gasteiger partial charge on any atom is -0.337 e. The Bertz CT molecular complexity index is 397. The summed E-state index contributed by atoms with van der Waals surface area (Å²) >= 11 is 1.92. The maximum absolute atomic E-state index is 12.2. The van der Waals surface area contributed by atoms with Crippen molar-refractivity contribution in [1.82, 2.24) is 4.90 Å². The minimum atomic E-state index is 0.184. The third-order valence-electron chi connectivity index (χ3n) is 3.05. The van der Waals surface area contributed by atoms with Crippen molar-refractivity contribution in [2.24, 2.45) is 0 Å². The standard InChI is InChI=1S/C13H17NOS/c1-10-3-4-12(9-11(10)2)13(15)14-5-7-16-8-6-14/h3-4,9H,5-8H2,1-2H3. The molecule has 0 aromatic heterocycles. The predicted octanol–water partition coefficient (Wildman–Crippen LogP) is 2.49. The molecule has 2 rings (SSSR count). The third kappa shape index (κ3) is 2.40. The molecule has 2 nitrogen and oxygen atoms in total. The van der Waals surface area contributed by atoms with Gasteiger partial charge in [0.2, 0.25) is 0 Å². The number of benzene rings is 1. The van der Waals surface area contributed by atoms with Crippen LogP contribution >= 0.6 is 11.8 Å². The average molecular weight is 235 g/mol. The van der Waals surface area contributed by atoms with Crippen LogP contribution in [0.2, 0.25) is 0 Å². The summed E-state index contributed by atoms with van der Waals surface area (Å²) in [5.74, 6) is 2.32. The monoisotopic (exact) mass is 235 g/mol. The van der Waals surface area contributed by atoms with Gasteiger partial charge in [-0.3, -0.25) is 4.79 Å². The molecule has 16 heavy (non-hydrogen) atoms.